The fraction of sp³-hybridized carbons (Fsp3) is 0.0741. The first-order valence-corrected chi connectivity index (χ1v) is 12.3. The maximum Gasteiger partial charge on any atom is 0.175 e. The fourth-order valence-electron chi connectivity index (χ4n) is 3.93. The highest BCUT2D eigenvalue weighted by molar-refractivity contribution is 7.90. The Bertz CT molecular complexity index is 1490. The zero-order valence-electron chi connectivity index (χ0n) is 17.6. The van der Waals surface area contributed by atoms with E-state index in [9.17, 15) is 8.42 Å². The lowest BCUT2D eigenvalue weighted by molar-refractivity contribution is 0.602. The minimum absolute atomic E-state index is 0.300. The van der Waals surface area contributed by atoms with Crippen LogP contribution in [0.1, 0.15) is 11.1 Å². The Hall–Kier alpha value is -3.70. The lowest BCUT2D eigenvalue weighted by Crippen LogP contribution is -2.00. The van der Waals surface area contributed by atoms with E-state index in [2.05, 4.69) is 59.2 Å². The van der Waals surface area contributed by atoms with E-state index in [0.29, 0.717) is 4.90 Å². The molecular weight excluding hydrogens is 416 g/mol. The second kappa shape index (κ2) is 8.09. The Labute approximate surface area is 187 Å². The summed E-state index contributed by atoms with van der Waals surface area (Å²) in [5.74, 6) is 0.780. The number of hydrogen-bond acceptors (Lipinski definition) is 3. The van der Waals surface area contributed by atoms with E-state index in [0.717, 1.165) is 34.5 Å². The third kappa shape index (κ3) is 3.95. The second-order valence-corrected chi connectivity index (χ2v) is 9.90. The number of rotatable bonds is 5. The van der Waals surface area contributed by atoms with Crippen LogP contribution in [0.2, 0.25) is 0 Å². The van der Waals surface area contributed by atoms with E-state index in [1.165, 1.54) is 17.4 Å². The Morgan fingerprint density at radius 2 is 1.34 bits per heavy atom. The minimum atomic E-state index is -3.25. The summed E-state index contributed by atoms with van der Waals surface area (Å²) in [5.41, 5.74) is 6.29. The average molecular weight is 439 g/mol. The van der Waals surface area contributed by atoms with Crippen LogP contribution in [0.5, 0.6) is 0 Å². The van der Waals surface area contributed by atoms with Gasteiger partial charge in [-0.05, 0) is 66.1 Å². The molecule has 0 N–H and O–H groups in total. The summed E-state index contributed by atoms with van der Waals surface area (Å²) in [5, 5.41) is 0. The van der Waals surface area contributed by atoms with E-state index in [-0.39, 0.29) is 0 Å². The molecule has 0 aliphatic carbocycles. The van der Waals surface area contributed by atoms with Gasteiger partial charge in [0.2, 0.25) is 0 Å². The van der Waals surface area contributed by atoms with Crippen molar-refractivity contribution < 1.29 is 8.42 Å². The monoisotopic (exact) mass is 438 g/mol. The van der Waals surface area contributed by atoms with Gasteiger partial charge in [-0.1, -0.05) is 54.6 Å². The predicted molar refractivity (Wildman–Crippen MR) is 129 cm³/mol. The van der Waals surface area contributed by atoms with Gasteiger partial charge < -0.3 is 0 Å². The molecule has 0 saturated carbocycles. The smallest absolute Gasteiger partial charge is 0.175 e. The third-order valence-electron chi connectivity index (χ3n) is 5.55. The van der Waals surface area contributed by atoms with Gasteiger partial charge in [0.05, 0.1) is 15.9 Å². The molecule has 4 aromatic carbocycles. The molecule has 4 nitrogen and oxygen atoms in total. The summed E-state index contributed by atoms with van der Waals surface area (Å²) >= 11 is 0. The van der Waals surface area contributed by atoms with Crippen molar-refractivity contribution in [3.8, 4) is 17.1 Å². The molecule has 0 unspecified atom stereocenters. The first-order chi connectivity index (χ1) is 15.5. The van der Waals surface area contributed by atoms with Gasteiger partial charge in [0.25, 0.3) is 0 Å². The molecule has 0 spiro atoms. The maximum atomic E-state index is 11.9. The van der Waals surface area contributed by atoms with Crippen LogP contribution in [-0.4, -0.2) is 24.2 Å². The van der Waals surface area contributed by atoms with E-state index >= 15 is 0 Å². The summed E-state index contributed by atoms with van der Waals surface area (Å²) in [6.45, 7) is 0. The Balaban J connectivity index is 1.58. The molecule has 5 aromatic rings. The number of aromatic nitrogens is 2. The highest BCUT2D eigenvalue weighted by Gasteiger charge is 2.15. The standard InChI is InChI=1S/C27H22N2O2S/c1-32(30,31)24-17-13-22(14-18-24)27-28-25-9-5-6-10-26(25)29(27)23-15-11-21(12-16-23)19-20-7-3-2-4-8-20/h2-18H,19H2,1H3. The molecule has 0 aliphatic rings. The first kappa shape index (κ1) is 20.2. The highest BCUT2D eigenvalue weighted by Crippen LogP contribution is 2.29. The zero-order chi connectivity index (χ0) is 22.1. The van der Waals surface area contributed by atoms with Crippen molar-refractivity contribution in [2.24, 2.45) is 0 Å². The van der Waals surface area contributed by atoms with Gasteiger partial charge >= 0.3 is 0 Å². The third-order valence-corrected chi connectivity index (χ3v) is 6.68. The number of benzene rings is 4. The molecule has 0 atom stereocenters. The van der Waals surface area contributed by atoms with Crippen LogP contribution >= 0.6 is 0 Å². The van der Waals surface area contributed by atoms with Crippen molar-refractivity contribution in [3.63, 3.8) is 0 Å². The number of para-hydroxylation sites is 2. The van der Waals surface area contributed by atoms with Crippen molar-refractivity contribution >= 4 is 20.9 Å². The van der Waals surface area contributed by atoms with Crippen LogP contribution in [0.15, 0.2) is 108 Å². The van der Waals surface area contributed by atoms with Gasteiger partial charge in [0, 0.05) is 17.5 Å². The summed E-state index contributed by atoms with van der Waals surface area (Å²) < 4.78 is 25.8. The zero-order valence-corrected chi connectivity index (χ0v) is 18.5. The van der Waals surface area contributed by atoms with Gasteiger partial charge in [-0.2, -0.15) is 0 Å². The van der Waals surface area contributed by atoms with Crippen molar-refractivity contribution in [2.75, 3.05) is 6.26 Å². The molecule has 1 aromatic heterocycles. The maximum absolute atomic E-state index is 11.9. The minimum Gasteiger partial charge on any atom is -0.292 e. The molecule has 0 amide bonds. The number of nitrogens with zero attached hydrogens (tertiary/aromatic N) is 2. The molecule has 0 radical (unpaired) electrons. The largest absolute Gasteiger partial charge is 0.292 e. The molecule has 32 heavy (non-hydrogen) atoms. The average Bonchev–Trinajstić information content (AvgIpc) is 3.19. The summed E-state index contributed by atoms with van der Waals surface area (Å²) in [4.78, 5) is 5.15. The molecule has 5 heteroatoms. The Kier molecular flexibility index (Phi) is 5.11. The van der Waals surface area contributed by atoms with Gasteiger partial charge in [-0.3, -0.25) is 4.57 Å². The number of hydrogen-bond donors (Lipinski definition) is 0. The lowest BCUT2D eigenvalue weighted by Gasteiger charge is -2.11. The molecule has 0 saturated heterocycles. The molecule has 0 fully saturated rings. The molecule has 0 aliphatic heterocycles. The van der Waals surface area contributed by atoms with Crippen molar-refractivity contribution in [1.82, 2.24) is 9.55 Å². The first-order valence-electron chi connectivity index (χ1n) is 10.4. The Morgan fingerprint density at radius 1 is 0.719 bits per heavy atom. The second-order valence-electron chi connectivity index (χ2n) is 7.88. The fourth-order valence-corrected chi connectivity index (χ4v) is 4.56. The SMILES string of the molecule is CS(=O)(=O)c1ccc(-c2nc3ccccc3n2-c2ccc(Cc3ccccc3)cc2)cc1. The summed E-state index contributed by atoms with van der Waals surface area (Å²) in [6, 6.07) is 33.9. The van der Waals surface area contributed by atoms with E-state index in [1.807, 2.05) is 36.4 Å². The normalized spacial score (nSPS) is 11.7. The van der Waals surface area contributed by atoms with Gasteiger partial charge in [-0.15, -0.1) is 0 Å². The Morgan fingerprint density at radius 3 is 2.03 bits per heavy atom. The van der Waals surface area contributed by atoms with Crippen LogP contribution in [0.25, 0.3) is 28.1 Å². The summed E-state index contributed by atoms with van der Waals surface area (Å²) in [7, 11) is -3.25. The van der Waals surface area contributed by atoms with Crippen molar-refractivity contribution in [2.45, 2.75) is 11.3 Å². The van der Waals surface area contributed by atoms with E-state index < -0.39 is 9.84 Å². The van der Waals surface area contributed by atoms with Crippen LogP contribution in [0.3, 0.4) is 0 Å². The van der Waals surface area contributed by atoms with Gasteiger partial charge in [0.15, 0.2) is 9.84 Å². The molecule has 158 valence electrons. The summed E-state index contributed by atoms with van der Waals surface area (Å²) in [6.07, 6.45) is 2.10. The molecule has 5 rings (SSSR count). The van der Waals surface area contributed by atoms with E-state index in [4.69, 9.17) is 4.98 Å². The quantitative estimate of drug-likeness (QED) is 0.354. The van der Waals surface area contributed by atoms with E-state index in [1.54, 1.807) is 12.1 Å². The number of imidazole rings is 1. The lowest BCUT2D eigenvalue weighted by atomic mass is 10.0. The van der Waals surface area contributed by atoms with Gasteiger partial charge in [0.1, 0.15) is 5.82 Å². The van der Waals surface area contributed by atoms with Crippen LogP contribution in [0.4, 0.5) is 0 Å². The van der Waals surface area contributed by atoms with Crippen molar-refractivity contribution in [1.29, 1.82) is 0 Å². The molecular formula is C27H22N2O2S. The number of fused-ring (bicyclic) bond motifs is 1. The highest BCUT2D eigenvalue weighted by atomic mass is 32.2. The number of sulfone groups is 1. The van der Waals surface area contributed by atoms with Crippen LogP contribution in [0, 0.1) is 0 Å². The van der Waals surface area contributed by atoms with Crippen molar-refractivity contribution in [3.05, 3.63) is 114 Å². The van der Waals surface area contributed by atoms with Crippen LogP contribution < -0.4 is 0 Å². The molecule has 0 bridgehead atoms. The predicted octanol–water partition coefficient (Wildman–Crippen LogP) is 5.69. The van der Waals surface area contributed by atoms with Crippen LogP contribution in [-0.2, 0) is 16.3 Å². The molecule has 1 heterocycles. The van der Waals surface area contributed by atoms with Gasteiger partial charge in [-0.25, -0.2) is 13.4 Å². The topological polar surface area (TPSA) is 52.0 Å².